The number of amides is 2. The number of nitrogens with zero attached hydrogens (tertiary/aromatic N) is 2. The third-order valence-electron chi connectivity index (χ3n) is 3.21. The van der Waals surface area contributed by atoms with Gasteiger partial charge in [-0.2, -0.15) is 11.8 Å². The first kappa shape index (κ1) is 19.6. The van der Waals surface area contributed by atoms with E-state index in [0.29, 0.717) is 5.70 Å². The van der Waals surface area contributed by atoms with Crippen LogP contribution in [0.25, 0.3) is 0 Å². The Kier molecular flexibility index (Phi) is 6.14. The molecule has 2 rings (SSSR count). The van der Waals surface area contributed by atoms with Gasteiger partial charge < -0.3 is 4.74 Å². The molecule has 2 aliphatic rings. The summed E-state index contributed by atoms with van der Waals surface area (Å²) in [6.45, 7) is 1.70. The Morgan fingerprint density at radius 2 is 2.23 bits per heavy atom. The van der Waals surface area contributed by atoms with Crippen LogP contribution in [0.3, 0.4) is 0 Å². The number of sulfonamides is 1. The first-order valence-electron chi connectivity index (χ1n) is 7.18. The van der Waals surface area contributed by atoms with Crippen molar-refractivity contribution < 1.29 is 22.7 Å². The minimum Gasteiger partial charge on any atom is -0.480 e. The summed E-state index contributed by atoms with van der Waals surface area (Å²) in [5.41, 5.74) is 5.69. The molecule has 140 valence electrons. The van der Waals surface area contributed by atoms with E-state index in [1.165, 1.54) is 25.3 Å². The van der Waals surface area contributed by atoms with E-state index in [1.807, 2.05) is 4.72 Å². The van der Waals surface area contributed by atoms with Crippen molar-refractivity contribution in [2.45, 2.75) is 12.2 Å². The standard InChI is InChI=1S/C14H17N5O5S2/c1-9-7-12(24-2)16-19(15-9)17-14(21)18-26(22,23)11-6-4-5-10(8-20)13(11)25-3/h4-7,13,15H,1-3H3,(H2,17,18,21). The smallest absolute Gasteiger partial charge is 0.350 e. The number of carbonyl (C=O) groups excluding carboxylic acids is 2. The number of thioether (sulfide) groups is 1. The molecule has 26 heavy (non-hydrogen) atoms. The number of nitrogens with one attached hydrogen (secondary N) is 3. The van der Waals surface area contributed by atoms with Gasteiger partial charge in [-0.25, -0.2) is 28.2 Å². The van der Waals surface area contributed by atoms with E-state index in [1.54, 1.807) is 25.2 Å². The number of methoxy groups -OCH3 is 1. The van der Waals surface area contributed by atoms with E-state index in [-0.39, 0.29) is 16.4 Å². The topological polar surface area (TPSA) is 129 Å². The van der Waals surface area contributed by atoms with Crippen LogP contribution in [0, 0.1) is 0 Å². The van der Waals surface area contributed by atoms with E-state index < -0.39 is 21.3 Å². The van der Waals surface area contributed by atoms with Crippen molar-refractivity contribution in [2.24, 2.45) is 5.10 Å². The molecule has 0 bridgehead atoms. The molecular formula is C14H17N5O5S2. The first-order valence-corrected chi connectivity index (χ1v) is 9.95. The first-order chi connectivity index (χ1) is 12.3. The molecular weight excluding hydrogens is 382 g/mol. The minimum atomic E-state index is -4.19. The lowest BCUT2D eigenvalue weighted by atomic mass is 10.1. The molecule has 10 nitrogen and oxygen atoms in total. The zero-order valence-corrected chi connectivity index (χ0v) is 15.8. The van der Waals surface area contributed by atoms with Crippen LogP contribution in [0.5, 0.6) is 0 Å². The van der Waals surface area contributed by atoms with E-state index in [4.69, 9.17) is 4.74 Å². The fraction of sp³-hybridized carbons (Fsp3) is 0.286. The Balaban J connectivity index is 2.12. The Bertz CT molecular complexity index is 868. The number of allylic oxidation sites excluding steroid dienone is 4. The zero-order valence-electron chi connectivity index (χ0n) is 14.1. The molecule has 0 saturated carbocycles. The number of rotatable bonds is 4. The maximum Gasteiger partial charge on any atom is 0.350 e. The van der Waals surface area contributed by atoms with Gasteiger partial charge in [0.05, 0.1) is 22.8 Å². The van der Waals surface area contributed by atoms with Gasteiger partial charge in [-0.15, -0.1) is 5.23 Å². The van der Waals surface area contributed by atoms with Crippen LogP contribution >= 0.6 is 11.8 Å². The average Bonchev–Trinajstić information content (AvgIpc) is 2.59. The number of urea groups is 1. The van der Waals surface area contributed by atoms with Crippen LogP contribution in [-0.2, 0) is 19.6 Å². The van der Waals surface area contributed by atoms with Crippen LogP contribution in [0.15, 0.2) is 45.6 Å². The van der Waals surface area contributed by atoms with Crippen molar-refractivity contribution in [2.75, 3.05) is 13.4 Å². The lowest BCUT2D eigenvalue weighted by Crippen LogP contribution is -2.53. The monoisotopic (exact) mass is 399 g/mol. The lowest BCUT2D eigenvalue weighted by Gasteiger charge is -2.25. The van der Waals surface area contributed by atoms with Crippen LogP contribution in [0.4, 0.5) is 4.79 Å². The molecule has 0 aromatic rings. The Morgan fingerprint density at radius 1 is 1.50 bits per heavy atom. The molecule has 0 radical (unpaired) electrons. The fourth-order valence-corrected chi connectivity index (χ4v) is 4.56. The largest absolute Gasteiger partial charge is 0.480 e. The molecule has 1 aliphatic heterocycles. The summed E-state index contributed by atoms with van der Waals surface area (Å²) in [6, 6.07) is -1.04. The highest BCUT2D eigenvalue weighted by Gasteiger charge is 2.31. The molecule has 0 aromatic carbocycles. The molecule has 1 heterocycles. The minimum absolute atomic E-state index is 0.121. The summed E-state index contributed by atoms with van der Waals surface area (Å²) >= 11 is 1.14. The van der Waals surface area contributed by atoms with E-state index >= 15 is 0 Å². The van der Waals surface area contributed by atoms with Gasteiger partial charge in [0.15, 0.2) is 0 Å². The second kappa shape index (κ2) is 8.13. The summed E-state index contributed by atoms with van der Waals surface area (Å²) < 4.78 is 31.9. The third-order valence-corrected chi connectivity index (χ3v) is 5.78. The van der Waals surface area contributed by atoms with Crippen molar-refractivity contribution in [1.29, 1.82) is 0 Å². The molecule has 2 amide bonds. The van der Waals surface area contributed by atoms with Gasteiger partial charge in [0.1, 0.15) is 5.94 Å². The molecule has 3 N–H and O–H groups in total. The predicted octanol–water partition coefficient (Wildman–Crippen LogP) is 0.158. The lowest BCUT2D eigenvalue weighted by molar-refractivity contribution is 0.138. The average molecular weight is 399 g/mol. The van der Waals surface area contributed by atoms with E-state index in [0.717, 1.165) is 17.0 Å². The summed E-state index contributed by atoms with van der Waals surface area (Å²) in [6.07, 6.45) is 7.45. The number of ether oxygens (including phenoxy) is 1. The highest BCUT2D eigenvalue weighted by atomic mass is 32.2. The molecule has 0 fully saturated rings. The summed E-state index contributed by atoms with van der Waals surface area (Å²) in [4.78, 5) is 22.9. The van der Waals surface area contributed by atoms with Gasteiger partial charge in [0, 0.05) is 11.8 Å². The summed E-state index contributed by atoms with van der Waals surface area (Å²) in [5, 5.41) is 4.04. The number of carbonyl (C=O) groups is 1. The van der Waals surface area contributed by atoms with E-state index in [9.17, 15) is 18.0 Å². The molecule has 12 heteroatoms. The molecule has 0 spiro atoms. The molecule has 1 atom stereocenters. The van der Waals surface area contributed by atoms with E-state index in [2.05, 4.69) is 16.0 Å². The van der Waals surface area contributed by atoms with Crippen molar-refractivity contribution >= 4 is 39.7 Å². The van der Waals surface area contributed by atoms with Crippen LogP contribution < -0.4 is 15.6 Å². The predicted molar refractivity (Wildman–Crippen MR) is 97.5 cm³/mol. The Hall–Kier alpha value is -2.69. The van der Waals surface area contributed by atoms with Gasteiger partial charge in [0.25, 0.3) is 10.0 Å². The molecule has 1 aliphatic carbocycles. The Labute approximate surface area is 154 Å². The maximum absolute atomic E-state index is 12.5. The van der Waals surface area contributed by atoms with Crippen LogP contribution in [-0.4, -0.2) is 50.1 Å². The van der Waals surface area contributed by atoms with Crippen molar-refractivity contribution in [3.63, 3.8) is 0 Å². The summed E-state index contributed by atoms with van der Waals surface area (Å²) in [7, 11) is -2.79. The third kappa shape index (κ3) is 4.48. The molecule has 0 aromatic heterocycles. The second-order valence-corrected chi connectivity index (χ2v) is 7.67. The van der Waals surface area contributed by atoms with Crippen LogP contribution in [0.1, 0.15) is 6.92 Å². The van der Waals surface area contributed by atoms with Gasteiger partial charge in [-0.05, 0) is 25.3 Å². The van der Waals surface area contributed by atoms with Crippen molar-refractivity contribution in [3.05, 3.63) is 40.5 Å². The van der Waals surface area contributed by atoms with Crippen LogP contribution in [0.2, 0.25) is 0 Å². The second-order valence-electron chi connectivity index (χ2n) is 5.04. The van der Waals surface area contributed by atoms with Crippen molar-refractivity contribution in [3.8, 4) is 0 Å². The maximum atomic E-state index is 12.5. The van der Waals surface area contributed by atoms with Gasteiger partial charge in [0.2, 0.25) is 5.90 Å². The number of hydrogen-bond donors (Lipinski definition) is 3. The highest BCUT2D eigenvalue weighted by molar-refractivity contribution is 8.02. The Morgan fingerprint density at radius 3 is 2.85 bits per heavy atom. The number of hydrazone groups is 1. The van der Waals surface area contributed by atoms with Gasteiger partial charge >= 0.3 is 6.03 Å². The number of hydrogen-bond acceptors (Lipinski definition) is 9. The molecule has 1 unspecified atom stereocenters. The summed E-state index contributed by atoms with van der Waals surface area (Å²) in [5.74, 6) is 1.93. The normalized spacial score (nSPS) is 19.5. The SMILES string of the molecule is COC1=NN(NC(=O)NS(=O)(=O)C2=CC=CC(=C=O)C2SC)NC(C)=C1. The van der Waals surface area contributed by atoms with Crippen molar-refractivity contribution in [1.82, 2.24) is 20.8 Å². The van der Waals surface area contributed by atoms with Gasteiger partial charge in [-0.3, -0.25) is 5.43 Å². The highest BCUT2D eigenvalue weighted by Crippen LogP contribution is 2.30. The quantitative estimate of drug-likeness (QED) is 0.570. The number of hydrazine groups is 2. The molecule has 0 saturated heterocycles. The van der Waals surface area contributed by atoms with Gasteiger partial charge in [-0.1, -0.05) is 11.2 Å². The zero-order chi connectivity index (χ0) is 19.3. The fourth-order valence-electron chi connectivity index (χ4n) is 2.13.